The molecule has 0 amide bonds. The molecule has 1 N–H and O–H groups in total. The number of aromatic nitrogens is 2. The standard InChI is InChI=1S/C17H32N2O4S/c1-14(2)19-10-7-15(18-19)8-11-24(21,22)13-23-12-16(20)6-9-17(3,4)5/h7,10,14,16,20H,6,8-9,11-13H2,1-5H3. The Hall–Kier alpha value is -0.920. The molecular weight excluding hydrogens is 328 g/mol. The molecule has 0 radical (unpaired) electrons. The van der Waals surface area contributed by atoms with E-state index in [2.05, 4.69) is 25.9 Å². The van der Waals surface area contributed by atoms with Crippen molar-refractivity contribution in [3.63, 3.8) is 0 Å². The van der Waals surface area contributed by atoms with Crippen molar-refractivity contribution in [1.82, 2.24) is 9.78 Å². The molecular formula is C17H32N2O4S. The molecule has 0 saturated carbocycles. The summed E-state index contributed by atoms with van der Waals surface area (Å²) in [6, 6.07) is 2.10. The molecule has 0 aliphatic carbocycles. The Balaban J connectivity index is 2.30. The minimum absolute atomic E-state index is 0.000193. The Kier molecular flexibility index (Phi) is 7.89. The van der Waals surface area contributed by atoms with Gasteiger partial charge >= 0.3 is 0 Å². The Labute approximate surface area is 146 Å². The highest BCUT2D eigenvalue weighted by molar-refractivity contribution is 7.91. The van der Waals surface area contributed by atoms with Crippen LogP contribution in [0, 0.1) is 5.41 Å². The van der Waals surface area contributed by atoms with Crippen LogP contribution in [0.1, 0.15) is 59.2 Å². The summed E-state index contributed by atoms with van der Waals surface area (Å²) in [5, 5.41) is 14.2. The second-order valence-corrected chi connectivity index (χ2v) is 9.95. The number of rotatable bonds is 10. The van der Waals surface area contributed by atoms with Gasteiger partial charge in [-0.1, -0.05) is 20.8 Å². The Morgan fingerprint density at radius 3 is 2.54 bits per heavy atom. The lowest BCUT2D eigenvalue weighted by molar-refractivity contribution is 0.0443. The fourth-order valence-electron chi connectivity index (χ4n) is 2.11. The second-order valence-electron chi connectivity index (χ2n) is 7.82. The molecule has 0 aliphatic rings. The molecule has 1 rings (SSSR count). The van der Waals surface area contributed by atoms with Crippen LogP contribution in [0.5, 0.6) is 0 Å². The molecule has 0 saturated heterocycles. The van der Waals surface area contributed by atoms with E-state index in [0.717, 1.165) is 12.1 Å². The quantitative estimate of drug-likeness (QED) is 0.693. The zero-order valence-electron chi connectivity index (χ0n) is 15.5. The molecule has 1 heterocycles. The number of sulfone groups is 1. The smallest absolute Gasteiger partial charge is 0.174 e. The van der Waals surface area contributed by atoms with Crippen LogP contribution in [0.2, 0.25) is 0 Å². The Morgan fingerprint density at radius 2 is 2.00 bits per heavy atom. The van der Waals surface area contributed by atoms with Gasteiger partial charge in [0.15, 0.2) is 9.84 Å². The zero-order chi connectivity index (χ0) is 18.4. The number of ether oxygens (including phenoxy) is 1. The largest absolute Gasteiger partial charge is 0.391 e. The molecule has 7 heteroatoms. The lowest BCUT2D eigenvalue weighted by Crippen LogP contribution is -2.22. The summed E-state index contributed by atoms with van der Waals surface area (Å²) < 4.78 is 31.0. The highest BCUT2D eigenvalue weighted by atomic mass is 32.2. The predicted octanol–water partition coefficient (Wildman–Crippen LogP) is 2.58. The van der Waals surface area contributed by atoms with Crippen LogP contribution < -0.4 is 0 Å². The second kappa shape index (κ2) is 8.97. The van der Waals surface area contributed by atoms with Crippen LogP contribution in [-0.2, 0) is 21.0 Å². The number of aliphatic hydroxyl groups is 1. The molecule has 1 aromatic rings. The van der Waals surface area contributed by atoms with Gasteiger partial charge in [-0.25, -0.2) is 8.42 Å². The fraction of sp³-hybridized carbons (Fsp3) is 0.824. The lowest BCUT2D eigenvalue weighted by atomic mass is 9.89. The van der Waals surface area contributed by atoms with Crippen LogP contribution >= 0.6 is 0 Å². The third-order valence-electron chi connectivity index (χ3n) is 3.66. The summed E-state index contributed by atoms with van der Waals surface area (Å²) in [7, 11) is -3.31. The van der Waals surface area contributed by atoms with Gasteiger partial charge in [-0.05, 0) is 38.2 Å². The first-order valence-corrected chi connectivity index (χ1v) is 10.3. The van der Waals surface area contributed by atoms with E-state index in [1.807, 2.05) is 30.8 Å². The number of hydrogen-bond acceptors (Lipinski definition) is 5. The van der Waals surface area contributed by atoms with Crippen molar-refractivity contribution in [3.05, 3.63) is 18.0 Å². The molecule has 0 bridgehead atoms. The molecule has 0 aromatic carbocycles. The molecule has 1 atom stereocenters. The maximum atomic E-state index is 12.0. The summed E-state index contributed by atoms with van der Waals surface area (Å²) >= 11 is 0. The Morgan fingerprint density at radius 1 is 1.33 bits per heavy atom. The molecule has 140 valence electrons. The van der Waals surface area contributed by atoms with Gasteiger partial charge in [-0.3, -0.25) is 4.68 Å². The molecule has 1 unspecified atom stereocenters. The summed E-state index contributed by atoms with van der Waals surface area (Å²) in [4.78, 5) is 0. The van der Waals surface area contributed by atoms with E-state index in [1.165, 1.54) is 0 Å². The monoisotopic (exact) mass is 360 g/mol. The zero-order valence-corrected chi connectivity index (χ0v) is 16.3. The highest BCUT2D eigenvalue weighted by Gasteiger charge is 2.16. The topological polar surface area (TPSA) is 81.4 Å². The van der Waals surface area contributed by atoms with E-state index in [0.29, 0.717) is 12.8 Å². The van der Waals surface area contributed by atoms with Crippen molar-refractivity contribution in [1.29, 1.82) is 0 Å². The van der Waals surface area contributed by atoms with Crippen molar-refractivity contribution in [2.45, 2.75) is 66.0 Å². The van der Waals surface area contributed by atoms with Gasteiger partial charge in [0, 0.05) is 18.7 Å². The van der Waals surface area contributed by atoms with Gasteiger partial charge in [0.25, 0.3) is 0 Å². The van der Waals surface area contributed by atoms with Gasteiger partial charge in [-0.2, -0.15) is 5.10 Å². The van der Waals surface area contributed by atoms with Gasteiger partial charge in [0.2, 0.25) is 0 Å². The van der Waals surface area contributed by atoms with Gasteiger partial charge in [0.05, 0.1) is 24.2 Å². The predicted molar refractivity (Wildman–Crippen MR) is 95.6 cm³/mol. The SMILES string of the molecule is CC(C)n1ccc(CCS(=O)(=O)COCC(O)CCC(C)(C)C)n1. The van der Waals surface area contributed by atoms with Crippen molar-refractivity contribution in [2.24, 2.45) is 5.41 Å². The van der Waals surface area contributed by atoms with Crippen molar-refractivity contribution in [2.75, 3.05) is 18.3 Å². The maximum absolute atomic E-state index is 12.0. The summed E-state index contributed by atoms with van der Waals surface area (Å²) in [5.74, 6) is -0.356. The average Bonchev–Trinajstić information content (AvgIpc) is 2.91. The van der Waals surface area contributed by atoms with Crippen LogP contribution in [0.3, 0.4) is 0 Å². The first-order valence-electron chi connectivity index (χ1n) is 8.49. The summed E-state index contributed by atoms with van der Waals surface area (Å²) in [6.45, 7) is 10.4. The molecule has 0 aliphatic heterocycles. The lowest BCUT2D eigenvalue weighted by Gasteiger charge is -2.20. The van der Waals surface area contributed by atoms with E-state index in [9.17, 15) is 13.5 Å². The van der Waals surface area contributed by atoms with Gasteiger partial charge in [0.1, 0.15) is 5.94 Å². The van der Waals surface area contributed by atoms with Crippen LogP contribution in [0.15, 0.2) is 12.3 Å². The van der Waals surface area contributed by atoms with Crippen molar-refractivity contribution < 1.29 is 18.3 Å². The molecule has 6 nitrogen and oxygen atoms in total. The first-order chi connectivity index (χ1) is 11.0. The number of aliphatic hydroxyl groups excluding tert-OH is 1. The summed E-state index contributed by atoms with van der Waals surface area (Å²) in [5.41, 5.74) is 0.907. The van der Waals surface area contributed by atoms with Gasteiger partial charge in [-0.15, -0.1) is 0 Å². The van der Waals surface area contributed by atoms with Crippen LogP contribution in [0.25, 0.3) is 0 Å². The van der Waals surface area contributed by atoms with Crippen molar-refractivity contribution in [3.8, 4) is 0 Å². The fourth-order valence-corrected chi connectivity index (χ4v) is 3.10. The first kappa shape index (κ1) is 21.1. The summed E-state index contributed by atoms with van der Waals surface area (Å²) in [6.07, 6.45) is 3.08. The minimum atomic E-state index is -3.31. The third-order valence-corrected chi connectivity index (χ3v) is 5.01. The van der Waals surface area contributed by atoms with Gasteiger partial charge < -0.3 is 9.84 Å². The van der Waals surface area contributed by atoms with E-state index >= 15 is 0 Å². The maximum Gasteiger partial charge on any atom is 0.174 e. The van der Waals surface area contributed by atoms with E-state index in [-0.39, 0.29) is 29.8 Å². The van der Waals surface area contributed by atoms with Crippen LogP contribution in [0.4, 0.5) is 0 Å². The minimum Gasteiger partial charge on any atom is -0.391 e. The average molecular weight is 361 g/mol. The normalized spacial score (nSPS) is 14.3. The highest BCUT2D eigenvalue weighted by Crippen LogP contribution is 2.21. The van der Waals surface area contributed by atoms with Crippen molar-refractivity contribution >= 4 is 9.84 Å². The van der Waals surface area contributed by atoms with E-state index in [1.54, 1.807) is 0 Å². The van der Waals surface area contributed by atoms with Crippen LogP contribution in [-0.4, -0.2) is 47.7 Å². The number of aryl methyl sites for hydroxylation is 1. The van der Waals surface area contributed by atoms with E-state index in [4.69, 9.17) is 4.74 Å². The van der Waals surface area contributed by atoms with E-state index < -0.39 is 15.9 Å². The Bertz CT molecular complexity index is 588. The third kappa shape index (κ3) is 8.80. The molecule has 0 spiro atoms. The molecule has 0 fully saturated rings. The number of hydrogen-bond donors (Lipinski definition) is 1. The molecule has 24 heavy (non-hydrogen) atoms. The number of nitrogens with zero attached hydrogens (tertiary/aromatic N) is 2. The molecule has 1 aromatic heterocycles.